The number of aromatic nitrogens is 4. The van der Waals surface area contributed by atoms with Crippen molar-refractivity contribution in [1.82, 2.24) is 19.5 Å². The van der Waals surface area contributed by atoms with Gasteiger partial charge in [-0.15, -0.1) is 0 Å². The van der Waals surface area contributed by atoms with Crippen LogP contribution in [0.25, 0.3) is 27.6 Å². The fraction of sp³-hybridized carbons (Fsp3) is 0.107. The van der Waals surface area contributed by atoms with Gasteiger partial charge >= 0.3 is 0 Å². The topological polar surface area (TPSA) is 157 Å². The maximum atomic E-state index is 14.3. The molecule has 0 fully saturated rings. The number of sulfone groups is 1. The van der Waals surface area contributed by atoms with Gasteiger partial charge in [0.15, 0.2) is 14.9 Å². The number of hydrogen-bond donors (Lipinski definition) is 2. The fourth-order valence-corrected chi connectivity index (χ4v) is 5.02. The van der Waals surface area contributed by atoms with E-state index in [-0.39, 0.29) is 27.9 Å². The van der Waals surface area contributed by atoms with Gasteiger partial charge in [-0.2, -0.15) is 10.2 Å². The average molecular weight is 538 g/mol. The first-order chi connectivity index (χ1) is 18.7. The van der Waals surface area contributed by atoms with E-state index < -0.39 is 15.9 Å². The molecule has 3 aromatic heterocycles. The molecule has 39 heavy (non-hydrogen) atoms. The summed E-state index contributed by atoms with van der Waals surface area (Å²) in [5, 5.41) is 13.7. The first-order valence-corrected chi connectivity index (χ1v) is 13.8. The molecule has 0 aliphatic heterocycles. The summed E-state index contributed by atoms with van der Waals surface area (Å²) in [4.78, 5) is 26.3. The lowest BCUT2D eigenvalue weighted by atomic mass is 9.98. The Labute approximate surface area is 224 Å². The SMILES string of the molecule is CC(Nc1nc(N)ncc1C#N)c1cc2cccc(-c3ccnc(S(C)(=O)=O)c3)c2c(=O)n1-c1ccccc1. The van der Waals surface area contributed by atoms with Crippen molar-refractivity contribution >= 4 is 32.4 Å². The highest BCUT2D eigenvalue weighted by Gasteiger charge is 2.21. The second-order valence-electron chi connectivity index (χ2n) is 8.94. The van der Waals surface area contributed by atoms with E-state index in [9.17, 15) is 18.5 Å². The standard InChI is InChI=1S/C28H23N7O3S/c1-17(33-26-20(15-29)16-32-28(30)34-26)23-13-19-7-6-10-22(18-11-12-31-24(14-18)39(2,37)38)25(19)27(36)35(23)21-8-4-3-5-9-21/h3-14,16-17H,1-2H3,(H3,30,32,33,34). The summed E-state index contributed by atoms with van der Waals surface area (Å²) < 4.78 is 25.9. The molecule has 1 unspecified atom stereocenters. The van der Waals surface area contributed by atoms with Gasteiger partial charge in [-0.25, -0.2) is 18.4 Å². The zero-order valence-electron chi connectivity index (χ0n) is 21.0. The van der Waals surface area contributed by atoms with Crippen LogP contribution >= 0.6 is 0 Å². The summed E-state index contributed by atoms with van der Waals surface area (Å²) in [5.74, 6) is 0.265. The van der Waals surface area contributed by atoms with E-state index in [4.69, 9.17) is 5.73 Å². The highest BCUT2D eigenvalue weighted by atomic mass is 32.2. The summed E-state index contributed by atoms with van der Waals surface area (Å²) in [6.07, 6.45) is 3.85. The number of para-hydroxylation sites is 1. The summed E-state index contributed by atoms with van der Waals surface area (Å²) in [6.45, 7) is 1.85. The number of rotatable bonds is 6. The Kier molecular flexibility index (Phi) is 6.55. The number of pyridine rings is 2. The predicted octanol–water partition coefficient (Wildman–Crippen LogP) is 3.87. The Bertz CT molecular complexity index is 1930. The smallest absolute Gasteiger partial charge is 0.263 e. The lowest BCUT2D eigenvalue weighted by Gasteiger charge is -2.22. The van der Waals surface area contributed by atoms with Crippen LogP contribution in [0.15, 0.2) is 88.9 Å². The number of nitriles is 1. The minimum atomic E-state index is -3.55. The van der Waals surface area contributed by atoms with Gasteiger partial charge in [0.25, 0.3) is 5.56 Å². The molecular weight excluding hydrogens is 514 g/mol. The molecule has 0 radical (unpaired) electrons. The van der Waals surface area contributed by atoms with E-state index in [1.165, 1.54) is 18.5 Å². The molecule has 0 saturated carbocycles. The molecule has 0 spiro atoms. The van der Waals surface area contributed by atoms with Gasteiger partial charge in [0, 0.05) is 23.8 Å². The summed E-state index contributed by atoms with van der Waals surface area (Å²) in [7, 11) is -3.55. The molecule has 0 bridgehead atoms. The second-order valence-corrected chi connectivity index (χ2v) is 10.9. The van der Waals surface area contributed by atoms with E-state index in [0.29, 0.717) is 33.3 Å². The zero-order chi connectivity index (χ0) is 27.7. The minimum absolute atomic E-state index is 0.0121. The van der Waals surface area contributed by atoms with Crippen LogP contribution in [0.3, 0.4) is 0 Å². The predicted molar refractivity (Wildman–Crippen MR) is 149 cm³/mol. The maximum absolute atomic E-state index is 14.3. The molecule has 0 aliphatic rings. The number of nitrogens with one attached hydrogen (secondary N) is 1. The Balaban J connectivity index is 1.76. The van der Waals surface area contributed by atoms with Crippen LogP contribution in [0.5, 0.6) is 0 Å². The maximum Gasteiger partial charge on any atom is 0.263 e. The Morgan fingerprint density at radius 1 is 1.05 bits per heavy atom. The van der Waals surface area contributed by atoms with E-state index >= 15 is 0 Å². The number of nitrogens with zero attached hydrogens (tertiary/aromatic N) is 5. The molecule has 2 aromatic carbocycles. The van der Waals surface area contributed by atoms with Crippen LogP contribution in [0.2, 0.25) is 0 Å². The summed E-state index contributed by atoms with van der Waals surface area (Å²) >= 11 is 0. The molecule has 194 valence electrons. The summed E-state index contributed by atoms with van der Waals surface area (Å²) in [5.41, 5.74) is 8.07. The third-order valence-electron chi connectivity index (χ3n) is 6.24. The van der Waals surface area contributed by atoms with Crippen LogP contribution in [-0.4, -0.2) is 34.2 Å². The van der Waals surface area contributed by atoms with Gasteiger partial charge < -0.3 is 11.1 Å². The molecule has 0 aliphatic carbocycles. The normalized spacial score (nSPS) is 12.1. The van der Waals surface area contributed by atoms with E-state index in [1.807, 2.05) is 61.5 Å². The lowest BCUT2D eigenvalue weighted by Crippen LogP contribution is -2.26. The lowest BCUT2D eigenvalue weighted by molar-refractivity contribution is 0.598. The van der Waals surface area contributed by atoms with Crippen LogP contribution in [0, 0.1) is 11.3 Å². The molecular formula is C28H23N7O3S. The molecule has 5 rings (SSSR count). The molecule has 0 saturated heterocycles. The third-order valence-corrected chi connectivity index (χ3v) is 7.22. The van der Waals surface area contributed by atoms with Gasteiger partial charge in [0.1, 0.15) is 17.5 Å². The number of nitrogen functional groups attached to an aromatic ring is 1. The quantitative estimate of drug-likeness (QED) is 0.328. The monoisotopic (exact) mass is 537 g/mol. The van der Waals surface area contributed by atoms with Crippen molar-refractivity contribution in [3.63, 3.8) is 0 Å². The number of anilines is 2. The minimum Gasteiger partial charge on any atom is -0.368 e. The van der Waals surface area contributed by atoms with E-state index in [2.05, 4.69) is 20.3 Å². The number of benzene rings is 2. The van der Waals surface area contributed by atoms with Crippen molar-refractivity contribution < 1.29 is 8.42 Å². The van der Waals surface area contributed by atoms with Crippen molar-refractivity contribution in [3.05, 3.63) is 101 Å². The van der Waals surface area contributed by atoms with Gasteiger partial charge in [-0.05, 0) is 53.8 Å². The average Bonchev–Trinajstić information content (AvgIpc) is 2.93. The number of hydrogen-bond acceptors (Lipinski definition) is 9. The highest BCUT2D eigenvalue weighted by molar-refractivity contribution is 7.90. The van der Waals surface area contributed by atoms with Gasteiger partial charge in [-0.3, -0.25) is 9.36 Å². The number of fused-ring (bicyclic) bond motifs is 1. The van der Waals surface area contributed by atoms with Gasteiger partial charge in [-0.1, -0.05) is 36.4 Å². The van der Waals surface area contributed by atoms with Crippen LogP contribution in [0.1, 0.15) is 24.2 Å². The van der Waals surface area contributed by atoms with Crippen molar-refractivity contribution in [2.24, 2.45) is 0 Å². The molecule has 3 N–H and O–H groups in total. The molecule has 11 heteroatoms. The number of nitrogens with two attached hydrogens (primary N) is 1. The van der Waals surface area contributed by atoms with Crippen molar-refractivity contribution in [2.45, 2.75) is 18.0 Å². The van der Waals surface area contributed by atoms with Crippen LogP contribution in [0.4, 0.5) is 11.8 Å². The summed E-state index contributed by atoms with van der Waals surface area (Å²) in [6, 6.07) is 21.2. The van der Waals surface area contributed by atoms with E-state index in [0.717, 1.165) is 6.26 Å². The molecule has 1 atom stereocenters. The van der Waals surface area contributed by atoms with E-state index in [1.54, 1.807) is 16.7 Å². The first-order valence-electron chi connectivity index (χ1n) is 11.9. The third kappa shape index (κ3) is 4.93. The van der Waals surface area contributed by atoms with Gasteiger partial charge in [0.05, 0.1) is 17.6 Å². The van der Waals surface area contributed by atoms with Crippen LogP contribution < -0.4 is 16.6 Å². The Morgan fingerprint density at radius 3 is 2.54 bits per heavy atom. The second kappa shape index (κ2) is 10.00. The van der Waals surface area contributed by atoms with Crippen molar-refractivity contribution in [3.8, 4) is 22.9 Å². The Hall–Kier alpha value is -5.08. The largest absolute Gasteiger partial charge is 0.368 e. The fourth-order valence-electron chi connectivity index (χ4n) is 4.43. The van der Waals surface area contributed by atoms with Crippen molar-refractivity contribution in [1.29, 1.82) is 5.26 Å². The zero-order valence-corrected chi connectivity index (χ0v) is 21.8. The highest BCUT2D eigenvalue weighted by Crippen LogP contribution is 2.31. The molecule has 5 aromatic rings. The van der Waals surface area contributed by atoms with Gasteiger partial charge in [0.2, 0.25) is 5.95 Å². The first kappa shape index (κ1) is 25.6. The van der Waals surface area contributed by atoms with Crippen LogP contribution in [-0.2, 0) is 9.84 Å². The Morgan fingerprint density at radius 2 is 1.82 bits per heavy atom. The molecule has 10 nitrogen and oxygen atoms in total. The molecule has 0 amide bonds. The van der Waals surface area contributed by atoms with Crippen molar-refractivity contribution in [2.75, 3.05) is 17.3 Å². The molecule has 3 heterocycles.